The molecule has 0 fully saturated rings. The molecule has 0 aliphatic heterocycles. The van der Waals surface area contributed by atoms with Crippen LogP contribution in [0.3, 0.4) is 0 Å². The Morgan fingerprint density at radius 2 is 1.66 bits per heavy atom. The van der Waals surface area contributed by atoms with E-state index >= 15 is 0 Å². The van der Waals surface area contributed by atoms with Gasteiger partial charge in [-0.05, 0) is 48.2 Å². The first-order valence-corrected chi connectivity index (χ1v) is 11.6. The Kier molecular flexibility index (Phi) is 8.67. The maximum absolute atomic E-state index is 6.48. The molecule has 0 bridgehead atoms. The first-order valence-electron chi connectivity index (χ1n) is 10.9. The number of aromatic nitrogens is 1. The van der Waals surface area contributed by atoms with Crippen molar-refractivity contribution in [2.45, 2.75) is 45.8 Å². The van der Waals surface area contributed by atoms with E-state index in [0.717, 1.165) is 31.5 Å². The number of para-hydroxylation sites is 1. The highest BCUT2D eigenvalue weighted by molar-refractivity contribution is 6.35. The van der Waals surface area contributed by atoms with E-state index in [1.807, 2.05) is 18.2 Å². The predicted octanol–water partition coefficient (Wildman–Crippen LogP) is 8.36. The molecule has 0 amide bonds. The first kappa shape index (κ1) is 24.7. The quantitative estimate of drug-likeness (QED) is 0.264. The Labute approximate surface area is 207 Å². The number of fused-ring (bicyclic) bond motifs is 1. The topological polar surface area (TPSA) is 17.0 Å². The third-order valence-corrected chi connectivity index (χ3v) is 6.60. The predicted molar refractivity (Wildman–Crippen MR) is 140 cm³/mol. The highest BCUT2D eigenvalue weighted by Gasteiger charge is 2.17. The third kappa shape index (κ3) is 5.32. The molecule has 5 heteroatoms. The maximum atomic E-state index is 6.48. The van der Waals surface area contributed by atoms with Crippen LogP contribution < -0.4 is 5.32 Å². The molecule has 3 aromatic carbocycles. The molecule has 0 spiro atoms. The van der Waals surface area contributed by atoms with Crippen molar-refractivity contribution >= 4 is 46.5 Å². The summed E-state index contributed by atoms with van der Waals surface area (Å²) in [5.74, 6) is 0. The highest BCUT2D eigenvalue weighted by Crippen LogP contribution is 2.30. The Bertz CT molecular complexity index is 1170. The molecule has 0 radical (unpaired) electrons. The van der Waals surface area contributed by atoms with Crippen LogP contribution in [0.4, 0.5) is 0 Å². The molecule has 1 heterocycles. The number of nitrogens with zero attached hydrogens (tertiary/aromatic N) is 1. The van der Waals surface area contributed by atoms with Gasteiger partial charge in [0.1, 0.15) is 0 Å². The Hall–Kier alpha value is -1.97. The molecule has 1 N–H and O–H groups in total. The van der Waals surface area contributed by atoms with Gasteiger partial charge in [0.25, 0.3) is 0 Å². The minimum Gasteiger partial charge on any atom is -0.340 e. The van der Waals surface area contributed by atoms with E-state index in [1.165, 1.54) is 27.7 Å². The van der Waals surface area contributed by atoms with Crippen molar-refractivity contribution in [3.8, 4) is 0 Å². The normalized spacial score (nSPS) is 12.0. The van der Waals surface area contributed by atoms with Crippen LogP contribution in [-0.2, 0) is 13.1 Å². The molecule has 1 unspecified atom stereocenters. The van der Waals surface area contributed by atoms with Gasteiger partial charge in [-0.15, -0.1) is 12.4 Å². The minimum atomic E-state index is 0. The van der Waals surface area contributed by atoms with E-state index in [0.29, 0.717) is 16.1 Å². The maximum Gasteiger partial charge on any atom is 0.0493 e. The average molecular weight is 488 g/mol. The van der Waals surface area contributed by atoms with Crippen LogP contribution in [0, 0.1) is 6.92 Å². The van der Waals surface area contributed by atoms with Crippen LogP contribution in [0.5, 0.6) is 0 Å². The van der Waals surface area contributed by atoms with Crippen molar-refractivity contribution in [3.63, 3.8) is 0 Å². The van der Waals surface area contributed by atoms with Crippen molar-refractivity contribution in [1.82, 2.24) is 9.88 Å². The summed E-state index contributed by atoms with van der Waals surface area (Å²) in [4.78, 5) is 0. The zero-order valence-electron chi connectivity index (χ0n) is 18.4. The third-order valence-electron chi connectivity index (χ3n) is 6.01. The van der Waals surface area contributed by atoms with Crippen LogP contribution in [0.15, 0.2) is 72.8 Å². The molecule has 2 nitrogen and oxygen atoms in total. The summed E-state index contributed by atoms with van der Waals surface area (Å²) in [5.41, 5.74) is 6.26. The SMILES string of the molecule is CCCC(NCc1c(C)n(Cc2ccc(Cl)cc2Cl)c2ccccc12)c1ccccc1.Cl. The van der Waals surface area contributed by atoms with E-state index in [2.05, 4.69) is 78.3 Å². The van der Waals surface area contributed by atoms with E-state index in [-0.39, 0.29) is 12.4 Å². The van der Waals surface area contributed by atoms with Gasteiger partial charge in [-0.1, -0.05) is 91.1 Å². The lowest BCUT2D eigenvalue weighted by molar-refractivity contribution is 0.493. The summed E-state index contributed by atoms with van der Waals surface area (Å²) < 4.78 is 2.36. The molecular weight excluding hydrogens is 459 g/mol. The highest BCUT2D eigenvalue weighted by atomic mass is 35.5. The zero-order valence-corrected chi connectivity index (χ0v) is 20.8. The van der Waals surface area contributed by atoms with Crippen molar-refractivity contribution < 1.29 is 0 Å². The van der Waals surface area contributed by atoms with Crippen LogP contribution in [0.2, 0.25) is 10.0 Å². The van der Waals surface area contributed by atoms with Gasteiger partial charge in [-0.2, -0.15) is 0 Å². The van der Waals surface area contributed by atoms with Crippen LogP contribution >= 0.6 is 35.6 Å². The van der Waals surface area contributed by atoms with Crippen LogP contribution in [0.1, 0.15) is 48.2 Å². The molecule has 0 saturated heterocycles. The fourth-order valence-corrected chi connectivity index (χ4v) is 4.80. The van der Waals surface area contributed by atoms with E-state index in [4.69, 9.17) is 23.2 Å². The van der Waals surface area contributed by atoms with Gasteiger partial charge in [0.15, 0.2) is 0 Å². The number of hydrogen-bond donors (Lipinski definition) is 1. The molecule has 1 atom stereocenters. The van der Waals surface area contributed by atoms with Gasteiger partial charge in [-0.25, -0.2) is 0 Å². The van der Waals surface area contributed by atoms with Crippen molar-refractivity contribution in [3.05, 3.63) is 105 Å². The van der Waals surface area contributed by atoms with Crippen molar-refractivity contribution in [1.29, 1.82) is 0 Å². The molecule has 32 heavy (non-hydrogen) atoms. The second-order valence-corrected chi connectivity index (χ2v) is 8.88. The summed E-state index contributed by atoms with van der Waals surface area (Å²) in [6.45, 7) is 6.00. The lowest BCUT2D eigenvalue weighted by Crippen LogP contribution is -2.21. The number of nitrogens with one attached hydrogen (secondary N) is 1. The Morgan fingerprint density at radius 1 is 0.938 bits per heavy atom. The van der Waals surface area contributed by atoms with Gasteiger partial charge >= 0.3 is 0 Å². The largest absolute Gasteiger partial charge is 0.340 e. The lowest BCUT2D eigenvalue weighted by atomic mass is 10.0. The number of rotatable bonds is 8. The Balaban J connectivity index is 0.00000289. The van der Waals surface area contributed by atoms with Crippen molar-refractivity contribution in [2.24, 2.45) is 0 Å². The molecule has 0 saturated carbocycles. The summed E-state index contributed by atoms with van der Waals surface area (Å²) in [5, 5.41) is 6.49. The molecule has 4 rings (SSSR count). The molecule has 0 aliphatic rings. The number of hydrogen-bond acceptors (Lipinski definition) is 1. The second-order valence-electron chi connectivity index (χ2n) is 8.04. The van der Waals surface area contributed by atoms with E-state index < -0.39 is 0 Å². The average Bonchev–Trinajstić information content (AvgIpc) is 3.04. The van der Waals surface area contributed by atoms with Gasteiger partial charge in [0.05, 0.1) is 0 Å². The lowest BCUT2D eigenvalue weighted by Gasteiger charge is -2.19. The van der Waals surface area contributed by atoms with E-state index in [9.17, 15) is 0 Å². The van der Waals surface area contributed by atoms with E-state index in [1.54, 1.807) is 0 Å². The molecule has 4 aromatic rings. The first-order chi connectivity index (χ1) is 15.1. The monoisotopic (exact) mass is 486 g/mol. The molecule has 1 aromatic heterocycles. The van der Waals surface area contributed by atoms with Gasteiger partial charge in [-0.3, -0.25) is 0 Å². The summed E-state index contributed by atoms with van der Waals surface area (Å²) in [6, 6.07) is 25.4. The van der Waals surface area contributed by atoms with Gasteiger partial charge in [0, 0.05) is 45.8 Å². The summed E-state index contributed by atoms with van der Waals surface area (Å²) >= 11 is 12.6. The van der Waals surface area contributed by atoms with Gasteiger partial charge in [0.2, 0.25) is 0 Å². The smallest absolute Gasteiger partial charge is 0.0493 e. The standard InChI is InChI=1S/C27H28Cl2N2.ClH/c1-3-9-26(20-10-5-4-6-11-20)30-17-24-19(2)31(27-13-8-7-12-23(24)27)18-21-14-15-22(28)16-25(21)29;/h4-8,10-16,26,30H,3,9,17-18H2,1-2H3;1H. The van der Waals surface area contributed by atoms with Gasteiger partial charge < -0.3 is 9.88 Å². The Morgan fingerprint density at radius 3 is 2.38 bits per heavy atom. The summed E-state index contributed by atoms with van der Waals surface area (Å²) in [7, 11) is 0. The fourth-order valence-electron chi connectivity index (χ4n) is 4.34. The number of halogens is 3. The molecular formula is C27H29Cl3N2. The zero-order chi connectivity index (χ0) is 21.8. The van der Waals surface area contributed by atoms with Crippen LogP contribution in [0.25, 0.3) is 10.9 Å². The van der Waals surface area contributed by atoms with Crippen molar-refractivity contribution in [2.75, 3.05) is 0 Å². The fraction of sp³-hybridized carbons (Fsp3) is 0.259. The minimum absolute atomic E-state index is 0. The molecule has 168 valence electrons. The van der Waals surface area contributed by atoms with Crippen LogP contribution in [-0.4, -0.2) is 4.57 Å². The molecule has 0 aliphatic carbocycles. The second kappa shape index (κ2) is 11.2. The summed E-state index contributed by atoms with van der Waals surface area (Å²) in [6.07, 6.45) is 2.25. The number of benzene rings is 3.